The van der Waals surface area contributed by atoms with E-state index in [1.54, 1.807) is 13.1 Å². The second-order valence-corrected chi connectivity index (χ2v) is 4.12. The molecule has 0 saturated carbocycles. The van der Waals surface area contributed by atoms with Crippen molar-refractivity contribution in [2.45, 2.75) is 26.2 Å². The Balaban J connectivity index is 0.000000280. The molecule has 0 spiro atoms. The molecule has 5 nitrogen and oxygen atoms in total. The number of carbonyl (C=O) groups excluding carboxylic acids is 1. The summed E-state index contributed by atoms with van der Waals surface area (Å²) in [4.78, 5) is 19.5. The molecular weight excluding hydrogens is 254 g/mol. The van der Waals surface area contributed by atoms with Gasteiger partial charge in [0.15, 0.2) is 0 Å². The first-order valence-electron chi connectivity index (χ1n) is 6.06. The maximum absolute atomic E-state index is 9.18. The van der Waals surface area contributed by atoms with Crippen LogP contribution >= 0.6 is 11.6 Å². The van der Waals surface area contributed by atoms with E-state index in [2.05, 4.69) is 19.6 Å². The molecule has 0 unspecified atom stereocenters. The Morgan fingerprint density at radius 1 is 1.44 bits per heavy atom. The fourth-order valence-corrected chi connectivity index (χ4v) is 1.84. The molecule has 2 rings (SSSR count). The first-order chi connectivity index (χ1) is 8.77. The number of hydrogen-bond acceptors (Lipinski definition) is 5. The van der Waals surface area contributed by atoms with Crippen LogP contribution in [-0.2, 0) is 9.53 Å². The Morgan fingerprint density at radius 3 is 2.67 bits per heavy atom. The third kappa shape index (κ3) is 5.31. The minimum absolute atomic E-state index is 0.336. The molecule has 0 radical (unpaired) electrons. The molecule has 18 heavy (non-hydrogen) atoms. The molecule has 1 saturated heterocycles. The van der Waals surface area contributed by atoms with E-state index in [0.717, 1.165) is 18.9 Å². The second kappa shape index (κ2) is 8.69. The minimum Gasteiger partial charge on any atom is -0.468 e. The van der Waals surface area contributed by atoms with Crippen LogP contribution in [0, 0.1) is 0 Å². The van der Waals surface area contributed by atoms with Crippen LogP contribution in [0.3, 0.4) is 0 Å². The molecular formula is C12H18ClN3O2. The van der Waals surface area contributed by atoms with Gasteiger partial charge in [0, 0.05) is 19.3 Å². The lowest BCUT2D eigenvalue weighted by Crippen LogP contribution is -2.30. The summed E-state index contributed by atoms with van der Waals surface area (Å²) in [6.45, 7) is 4.85. The standard InChI is InChI=1S/C9H12ClN3.C3H6O2/c10-9-11-5-4-8(12-9)13-6-2-1-3-7-13;1-2-5-3-4/h4-5H,1-3,6-7H2;3H,2H2,1H3. The van der Waals surface area contributed by atoms with Crippen molar-refractivity contribution in [3.8, 4) is 0 Å². The summed E-state index contributed by atoms with van der Waals surface area (Å²) in [6.07, 6.45) is 5.54. The number of ether oxygens (including phenoxy) is 1. The van der Waals surface area contributed by atoms with E-state index in [0.29, 0.717) is 18.4 Å². The van der Waals surface area contributed by atoms with E-state index in [1.165, 1.54) is 19.3 Å². The largest absolute Gasteiger partial charge is 0.468 e. The molecule has 0 bridgehead atoms. The van der Waals surface area contributed by atoms with Crippen LogP contribution in [0.4, 0.5) is 5.82 Å². The van der Waals surface area contributed by atoms with Crippen LogP contribution in [0.1, 0.15) is 26.2 Å². The number of rotatable bonds is 3. The van der Waals surface area contributed by atoms with Crippen LogP contribution in [0.15, 0.2) is 12.3 Å². The van der Waals surface area contributed by atoms with Gasteiger partial charge in [-0.3, -0.25) is 4.79 Å². The minimum atomic E-state index is 0.336. The Labute approximate surface area is 112 Å². The van der Waals surface area contributed by atoms with Crippen LogP contribution in [0.25, 0.3) is 0 Å². The van der Waals surface area contributed by atoms with Gasteiger partial charge in [0.2, 0.25) is 5.28 Å². The normalized spacial score (nSPS) is 14.4. The molecule has 0 amide bonds. The van der Waals surface area contributed by atoms with Crippen molar-refractivity contribution in [2.75, 3.05) is 24.6 Å². The summed E-state index contributed by atoms with van der Waals surface area (Å²) in [5.41, 5.74) is 0. The Bertz CT molecular complexity index is 357. The second-order valence-electron chi connectivity index (χ2n) is 3.78. The molecule has 100 valence electrons. The first-order valence-corrected chi connectivity index (χ1v) is 6.44. The third-order valence-corrected chi connectivity index (χ3v) is 2.71. The molecule has 0 atom stereocenters. The number of nitrogens with zero attached hydrogens (tertiary/aromatic N) is 3. The SMILES string of the molecule is CCOC=O.Clc1nccc(N2CCCCC2)n1. The number of carbonyl (C=O) groups is 1. The summed E-state index contributed by atoms with van der Waals surface area (Å²) < 4.78 is 4.15. The van der Waals surface area contributed by atoms with Gasteiger partial charge in [0.1, 0.15) is 5.82 Å². The maximum atomic E-state index is 9.18. The summed E-state index contributed by atoms with van der Waals surface area (Å²) in [6, 6.07) is 1.91. The van der Waals surface area contributed by atoms with Gasteiger partial charge in [-0.25, -0.2) is 9.97 Å². The van der Waals surface area contributed by atoms with Crippen molar-refractivity contribution < 1.29 is 9.53 Å². The zero-order valence-corrected chi connectivity index (χ0v) is 11.3. The summed E-state index contributed by atoms with van der Waals surface area (Å²) in [5, 5.41) is 0.336. The summed E-state index contributed by atoms with van der Waals surface area (Å²) in [5.74, 6) is 0.958. The van der Waals surface area contributed by atoms with Crippen molar-refractivity contribution in [3.05, 3.63) is 17.5 Å². The van der Waals surface area contributed by atoms with Gasteiger partial charge >= 0.3 is 0 Å². The summed E-state index contributed by atoms with van der Waals surface area (Å²) in [7, 11) is 0. The zero-order valence-electron chi connectivity index (χ0n) is 10.5. The smallest absolute Gasteiger partial charge is 0.293 e. The number of hydrogen-bond donors (Lipinski definition) is 0. The highest BCUT2D eigenvalue weighted by atomic mass is 35.5. The van der Waals surface area contributed by atoms with Crippen LogP contribution in [0.5, 0.6) is 0 Å². The number of aromatic nitrogens is 2. The topological polar surface area (TPSA) is 55.3 Å². The van der Waals surface area contributed by atoms with E-state index in [1.807, 2.05) is 6.07 Å². The van der Waals surface area contributed by atoms with Crippen LogP contribution < -0.4 is 4.90 Å². The molecule has 0 N–H and O–H groups in total. The first kappa shape index (κ1) is 14.7. The van der Waals surface area contributed by atoms with E-state index in [9.17, 15) is 4.79 Å². The van der Waals surface area contributed by atoms with Crippen molar-refractivity contribution in [1.29, 1.82) is 0 Å². The van der Waals surface area contributed by atoms with E-state index >= 15 is 0 Å². The summed E-state index contributed by atoms with van der Waals surface area (Å²) >= 11 is 5.72. The van der Waals surface area contributed by atoms with Crippen LogP contribution in [-0.4, -0.2) is 36.1 Å². The monoisotopic (exact) mass is 271 g/mol. The number of piperidine rings is 1. The predicted molar refractivity (Wildman–Crippen MR) is 70.8 cm³/mol. The van der Waals surface area contributed by atoms with Crippen molar-refractivity contribution in [2.24, 2.45) is 0 Å². The Hall–Kier alpha value is -1.36. The molecule has 6 heteroatoms. The Kier molecular flexibility index (Phi) is 7.10. The quantitative estimate of drug-likeness (QED) is 0.624. The molecule has 1 aliphatic rings. The van der Waals surface area contributed by atoms with Crippen molar-refractivity contribution >= 4 is 23.9 Å². The van der Waals surface area contributed by atoms with Gasteiger partial charge in [0.25, 0.3) is 6.47 Å². The van der Waals surface area contributed by atoms with Gasteiger partial charge in [-0.05, 0) is 43.9 Å². The van der Waals surface area contributed by atoms with Gasteiger partial charge < -0.3 is 9.64 Å². The van der Waals surface area contributed by atoms with E-state index in [4.69, 9.17) is 11.6 Å². The number of halogens is 1. The Morgan fingerprint density at radius 2 is 2.17 bits per heavy atom. The van der Waals surface area contributed by atoms with Gasteiger partial charge in [-0.2, -0.15) is 0 Å². The highest BCUT2D eigenvalue weighted by Crippen LogP contribution is 2.17. The maximum Gasteiger partial charge on any atom is 0.293 e. The average molecular weight is 272 g/mol. The highest BCUT2D eigenvalue weighted by Gasteiger charge is 2.11. The predicted octanol–water partition coefficient (Wildman–Crippen LogP) is 2.30. The molecule has 0 aromatic carbocycles. The van der Waals surface area contributed by atoms with Crippen molar-refractivity contribution in [1.82, 2.24) is 9.97 Å². The lowest BCUT2D eigenvalue weighted by molar-refractivity contribution is -0.128. The van der Waals surface area contributed by atoms with Gasteiger partial charge in [-0.1, -0.05) is 0 Å². The zero-order chi connectivity index (χ0) is 13.2. The van der Waals surface area contributed by atoms with Gasteiger partial charge in [0.05, 0.1) is 6.61 Å². The van der Waals surface area contributed by atoms with Gasteiger partial charge in [-0.15, -0.1) is 0 Å². The lowest BCUT2D eigenvalue weighted by Gasteiger charge is -2.27. The van der Waals surface area contributed by atoms with Crippen molar-refractivity contribution in [3.63, 3.8) is 0 Å². The lowest BCUT2D eigenvalue weighted by atomic mass is 10.1. The van der Waals surface area contributed by atoms with E-state index in [-0.39, 0.29) is 0 Å². The fourth-order valence-electron chi connectivity index (χ4n) is 1.69. The molecule has 1 fully saturated rings. The molecule has 0 aliphatic carbocycles. The van der Waals surface area contributed by atoms with Crippen LogP contribution in [0.2, 0.25) is 5.28 Å². The molecule has 1 aromatic rings. The van der Waals surface area contributed by atoms with E-state index < -0.39 is 0 Å². The molecule has 1 aromatic heterocycles. The molecule has 1 aliphatic heterocycles. The number of anilines is 1. The fraction of sp³-hybridized carbons (Fsp3) is 0.583. The third-order valence-electron chi connectivity index (χ3n) is 2.53. The average Bonchev–Trinajstić information content (AvgIpc) is 2.41. The highest BCUT2D eigenvalue weighted by molar-refractivity contribution is 6.28. The molecule has 2 heterocycles.